The molecule has 0 aromatic carbocycles. The number of esters is 1. The van der Waals surface area contributed by atoms with Crippen LogP contribution in [0.5, 0.6) is 0 Å². The van der Waals surface area contributed by atoms with Gasteiger partial charge in [0.2, 0.25) is 0 Å². The van der Waals surface area contributed by atoms with E-state index in [0.29, 0.717) is 17.9 Å². The van der Waals surface area contributed by atoms with E-state index in [0.717, 1.165) is 0 Å². The number of carbonyl (C=O) groups excluding carboxylic acids is 2. The van der Waals surface area contributed by atoms with Crippen molar-refractivity contribution in [2.75, 3.05) is 0 Å². The number of rotatable bonds is 9. The Bertz CT molecular complexity index is 814. The molecule has 8 nitrogen and oxygen atoms in total. The molecule has 1 rings (SSSR count). The number of alkyl carbamates (subject to hydrolysis) is 1. The molecule has 1 unspecified atom stereocenters. The van der Waals surface area contributed by atoms with Gasteiger partial charge in [0, 0.05) is 25.0 Å². The molecule has 0 aliphatic carbocycles. The predicted octanol–water partition coefficient (Wildman–Crippen LogP) is 4.59. The molecule has 0 bridgehead atoms. The van der Waals surface area contributed by atoms with E-state index in [1.54, 1.807) is 26.8 Å². The number of hydrogen-bond acceptors (Lipinski definition) is 7. The number of hydrogen-bond donors (Lipinski definition) is 1. The van der Waals surface area contributed by atoms with Crippen LogP contribution in [0.15, 0.2) is 10.6 Å². The van der Waals surface area contributed by atoms with Crippen LogP contribution in [-0.4, -0.2) is 43.3 Å². The van der Waals surface area contributed by atoms with Crippen LogP contribution in [-0.2, 0) is 31.7 Å². The SMILES string of the molecule is C#CC[C@@H](NC(=O)OC(C)(C)C)C(=O)OCc1cc(CC(C)O[Si](C)(C)C(C)(C)C)on1. The lowest BCUT2D eigenvalue weighted by molar-refractivity contribution is -0.147. The van der Waals surface area contributed by atoms with Gasteiger partial charge in [-0.3, -0.25) is 0 Å². The average molecular weight is 467 g/mol. The van der Waals surface area contributed by atoms with Crippen molar-refractivity contribution in [1.29, 1.82) is 0 Å². The lowest BCUT2D eigenvalue weighted by atomic mass is 10.2. The first-order valence-electron chi connectivity index (χ1n) is 10.8. The molecule has 0 fully saturated rings. The van der Waals surface area contributed by atoms with Crippen LogP contribution in [0.1, 0.15) is 66.3 Å². The number of aromatic nitrogens is 1. The van der Waals surface area contributed by atoms with Gasteiger partial charge < -0.3 is 23.7 Å². The summed E-state index contributed by atoms with van der Waals surface area (Å²) in [5.74, 6) is 2.33. The molecule has 0 saturated heterocycles. The maximum atomic E-state index is 12.4. The summed E-state index contributed by atoms with van der Waals surface area (Å²) in [4.78, 5) is 24.3. The molecule has 9 heteroatoms. The maximum absolute atomic E-state index is 12.4. The Morgan fingerprint density at radius 1 is 1.25 bits per heavy atom. The number of nitrogens with one attached hydrogen (secondary N) is 1. The van der Waals surface area contributed by atoms with E-state index in [-0.39, 0.29) is 24.2 Å². The molecule has 1 N–H and O–H groups in total. The molecule has 2 atom stereocenters. The molecule has 1 heterocycles. The van der Waals surface area contributed by atoms with Crippen LogP contribution in [0.4, 0.5) is 4.79 Å². The Labute approximate surface area is 192 Å². The van der Waals surface area contributed by atoms with Crippen molar-refractivity contribution in [2.45, 2.75) is 104 Å². The standard InChI is InChI=1S/C23H38N2O6Si/c1-11-12-19(24-21(27)29-22(3,4)5)20(26)28-15-17-14-18(30-25-17)13-16(2)31-32(9,10)23(6,7)8/h1,14,16,19H,12-13,15H2,2-10H3,(H,24,27)/t16?,19-/m1/s1. The average Bonchev–Trinajstić information content (AvgIpc) is 3.03. The molecule has 0 spiro atoms. The molecule has 32 heavy (non-hydrogen) atoms. The summed E-state index contributed by atoms with van der Waals surface area (Å²) in [7, 11) is -1.89. The van der Waals surface area contributed by atoms with Crippen molar-refractivity contribution in [3.8, 4) is 12.3 Å². The van der Waals surface area contributed by atoms with Gasteiger partial charge >= 0.3 is 12.1 Å². The van der Waals surface area contributed by atoms with Crippen LogP contribution >= 0.6 is 0 Å². The first kappa shape index (κ1) is 27.7. The highest BCUT2D eigenvalue weighted by molar-refractivity contribution is 6.74. The normalized spacial score (nSPS) is 14.2. The topological polar surface area (TPSA) is 99.9 Å². The van der Waals surface area contributed by atoms with Gasteiger partial charge in [-0.2, -0.15) is 0 Å². The van der Waals surface area contributed by atoms with Gasteiger partial charge in [-0.1, -0.05) is 25.9 Å². The van der Waals surface area contributed by atoms with Gasteiger partial charge in [-0.05, 0) is 45.8 Å². The maximum Gasteiger partial charge on any atom is 0.408 e. The quantitative estimate of drug-likeness (QED) is 0.323. The smallest absolute Gasteiger partial charge is 0.408 e. The molecular formula is C23H38N2O6Si. The minimum atomic E-state index is -1.89. The molecule has 0 aliphatic rings. The Morgan fingerprint density at radius 3 is 2.41 bits per heavy atom. The lowest BCUT2D eigenvalue weighted by Crippen LogP contribution is -2.44. The van der Waals surface area contributed by atoms with Crippen LogP contribution in [0, 0.1) is 12.3 Å². The van der Waals surface area contributed by atoms with Crippen molar-refractivity contribution in [3.63, 3.8) is 0 Å². The van der Waals surface area contributed by atoms with E-state index < -0.39 is 32.0 Å². The third-order valence-electron chi connectivity index (χ3n) is 5.06. The number of nitrogens with zero attached hydrogens (tertiary/aromatic N) is 1. The van der Waals surface area contributed by atoms with Gasteiger partial charge in [0.1, 0.15) is 29.7 Å². The van der Waals surface area contributed by atoms with E-state index in [1.165, 1.54) is 0 Å². The van der Waals surface area contributed by atoms with E-state index in [1.807, 2.05) is 6.92 Å². The molecule has 0 saturated carbocycles. The van der Waals surface area contributed by atoms with Crippen LogP contribution in [0.25, 0.3) is 0 Å². The zero-order valence-electron chi connectivity index (χ0n) is 20.8. The predicted molar refractivity (Wildman–Crippen MR) is 124 cm³/mol. The number of amides is 1. The van der Waals surface area contributed by atoms with E-state index in [9.17, 15) is 9.59 Å². The minimum absolute atomic E-state index is 0.0234. The third kappa shape index (κ3) is 9.45. The van der Waals surface area contributed by atoms with E-state index in [4.69, 9.17) is 24.8 Å². The van der Waals surface area contributed by atoms with Gasteiger partial charge in [0.25, 0.3) is 0 Å². The molecule has 1 aromatic rings. The third-order valence-corrected chi connectivity index (χ3v) is 9.66. The molecule has 0 aliphatic heterocycles. The highest BCUT2D eigenvalue weighted by atomic mass is 28.4. The van der Waals surface area contributed by atoms with Gasteiger partial charge in [-0.25, -0.2) is 9.59 Å². The van der Waals surface area contributed by atoms with E-state index >= 15 is 0 Å². The summed E-state index contributed by atoms with van der Waals surface area (Å²) in [5.41, 5.74) is -0.235. The van der Waals surface area contributed by atoms with Gasteiger partial charge in [0.05, 0.1) is 0 Å². The Morgan fingerprint density at radius 2 is 1.88 bits per heavy atom. The van der Waals surface area contributed by atoms with Crippen molar-refractivity contribution in [1.82, 2.24) is 10.5 Å². The second-order valence-corrected chi connectivity index (χ2v) is 15.1. The summed E-state index contributed by atoms with van der Waals surface area (Å²) < 4.78 is 22.1. The Balaban J connectivity index is 2.62. The highest BCUT2D eigenvalue weighted by Gasteiger charge is 2.38. The van der Waals surface area contributed by atoms with Gasteiger partial charge in [0.15, 0.2) is 8.32 Å². The summed E-state index contributed by atoms with van der Waals surface area (Å²) in [6.45, 7) is 18.1. The molecule has 1 amide bonds. The lowest BCUT2D eigenvalue weighted by Gasteiger charge is -2.38. The second kappa shape index (κ2) is 11.0. The largest absolute Gasteiger partial charge is 0.457 e. The van der Waals surface area contributed by atoms with Crippen LogP contribution in [0.2, 0.25) is 18.1 Å². The number of ether oxygens (including phenoxy) is 2. The fraction of sp³-hybridized carbons (Fsp3) is 0.696. The summed E-state index contributed by atoms with van der Waals surface area (Å²) in [5, 5.41) is 6.51. The fourth-order valence-corrected chi connectivity index (χ4v) is 3.97. The second-order valence-electron chi connectivity index (χ2n) is 10.4. The first-order chi connectivity index (χ1) is 14.5. The molecular weight excluding hydrogens is 428 g/mol. The van der Waals surface area contributed by atoms with Crippen molar-refractivity contribution < 1.29 is 28.0 Å². The van der Waals surface area contributed by atoms with Crippen molar-refractivity contribution >= 4 is 20.4 Å². The van der Waals surface area contributed by atoms with Crippen LogP contribution in [0.3, 0.4) is 0 Å². The van der Waals surface area contributed by atoms with Crippen molar-refractivity contribution in [3.05, 3.63) is 17.5 Å². The zero-order chi connectivity index (χ0) is 24.7. The number of carbonyl (C=O) groups is 2. The Hall–Kier alpha value is -2.31. The van der Waals surface area contributed by atoms with Crippen LogP contribution < -0.4 is 5.32 Å². The van der Waals surface area contributed by atoms with Gasteiger partial charge in [-0.15, -0.1) is 12.3 Å². The summed E-state index contributed by atoms with van der Waals surface area (Å²) >= 11 is 0. The molecule has 0 radical (unpaired) electrons. The molecule has 1 aromatic heterocycles. The summed E-state index contributed by atoms with van der Waals surface area (Å²) in [6, 6.07) is 0.718. The number of terminal acetylenes is 1. The van der Waals surface area contributed by atoms with E-state index in [2.05, 4.69) is 50.3 Å². The van der Waals surface area contributed by atoms with Crippen molar-refractivity contribution in [2.24, 2.45) is 0 Å². The minimum Gasteiger partial charge on any atom is -0.457 e. The first-order valence-corrected chi connectivity index (χ1v) is 13.7. The fourth-order valence-electron chi connectivity index (χ4n) is 2.53. The Kier molecular flexibility index (Phi) is 9.54. The monoisotopic (exact) mass is 466 g/mol. The zero-order valence-corrected chi connectivity index (χ0v) is 21.8. The highest BCUT2D eigenvalue weighted by Crippen LogP contribution is 2.37. The molecule has 180 valence electrons. The summed E-state index contributed by atoms with van der Waals surface area (Å²) in [6.07, 6.45) is 5.08.